The van der Waals surface area contributed by atoms with Gasteiger partial charge in [0.1, 0.15) is 5.75 Å². The molecule has 0 spiro atoms. The maximum Gasteiger partial charge on any atom is 0.132 e. The first-order chi connectivity index (χ1) is 10.2. The number of benzene rings is 1. The van der Waals surface area contributed by atoms with Gasteiger partial charge >= 0.3 is 0 Å². The van der Waals surface area contributed by atoms with Gasteiger partial charge in [0.15, 0.2) is 0 Å². The van der Waals surface area contributed by atoms with Crippen LogP contribution in [0.3, 0.4) is 0 Å². The molecule has 0 amide bonds. The van der Waals surface area contributed by atoms with Gasteiger partial charge in [0, 0.05) is 23.6 Å². The van der Waals surface area contributed by atoms with Crippen molar-refractivity contribution in [1.29, 1.82) is 0 Å². The zero-order valence-corrected chi connectivity index (χ0v) is 14.1. The van der Waals surface area contributed by atoms with Crippen molar-refractivity contribution in [1.82, 2.24) is 5.32 Å². The van der Waals surface area contributed by atoms with Crippen LogP contribution >= 0.6 is 11.8 Å². The lowest BCUT2D eigenvalue weighted by atomic mass is 9.86. The second-order valence-corrected chi connectivity index (χ2v) is 6.75. The third-order valence-electron chi connectivity index (χ3n) is 4.50. The third kappa shape index (κ3) is 4.38. The Morgan fingerprint density at radius 1 is 1.33 bits per heavy atom. The number of hydrogen-bond donors (Lipinski definition) is 2. The number of aliphatic hydroxyl groups excluding tert-OH is 1. The molecular weight excluding hydrogens is 282 g/mol. The molecule has 0 bridgehead atoms. The monoisotopic (exact) mass is 309 g/mol. The zero-order valence-electron chi connectivity index (χ0n) is 13.3. The van der Waals surface area contributed by atoms with Crippen LogP contribution in [0.15, 0.2) is 23.1 Å². The molecule has 2 N–H and O–H groups in total. The minimum absolute atomic E-state index is 0.325. The highest BCUT2D eigenvalue weighted by Gasteiger charge is 2.22. The number of aliphatic hydroxyl groups is 1. The van der Waals surface area contributed by atoms with Gasteiger partial charge in [-0.1, -0.05) is 6.07 Å². The predicted molar refractivity (Wildman–Crippen MR) is 89.2 cm³/mol. The van der Waals surface area contributed by atoms with Crippen molar-refractivity contribution >= 4 is 11.8 Å². The minimum Gasteiger partial charge on any atom is -0.496 e. The molecule has 2 rings (SSSR count). The first-order valence-corrected chi connectivity index (χ1v) is 8.99. The number of nitrogens with one attached hydrogen (secondary N) is 1. The van der Waals surface area contributed by atoms with Crippen LogP contribution in [0.5, 0.6) is 5.75 Å². The molecule has 0 heterocycles. The van der Waals surface area contributed by atoms with Crippen molar-refractivity contribution < 1.29 is 9.84 Å². The highest BCUT2D eigenvalue weighted by molar-refractivity contribution is 7.98. The summed E-state index contributed by atoms with van der Waals surface area (Å²) in [6, 6.07) is 7.35. The first kappa shape index (κ1) is 16.7. The number of ether oxygens (including phenoxy) is 1. The molecule has 1 fully saturated rings. The molecule has 0 saturated heterocycles. The average molecular weight is 309 g/mol. The minimum atomic E-state index is 0.325. The summed E-state index contributed by atoms with van der Waals surface area (Å²) in [6.45, 7) is 2.56. The van der Waals surface area contributed by atoms with E-state index in [1.54, 1.807) is 18.9 Å². The van der Waals surface area contributed by atoms with E-state index in [4.69, 9.17) is 4.74 Å². The standard InChI is InChI=1S/C17H27NO2S/c1-12(18-15-7-4-13(11-19)5-8-15)14-6-9-17(21-3)16(10-14)20-2/h6,9-10,12-13,15,18-19H,4-5,7-8,11H2,1-3H3. The summed E-state index contributed by atoms with van der Waals surface area (Å²) in [4.78, 5) is 1.18. The van der Waals surface area contributed by atoms with E-state index in [0.29, 0.717) is 24.6 Å². The van der Waals surface area contributed by atoms with Crippen LogP contribution in [0.2, 0.25) is 0 Å². The summed E-state index contributed by atoms with van der Waals surface area (Å²) in [6.07, 6.45) is 6.66. The summed E-state index contributed by atoms with van der Waals surface area (Å²) in [5.41, 5.74) is 1.27. The summed E-state index contributed by atoms with van der Waals surface area (Å²) in [7, 11) is 1.73. The summed E-state index contributed by atoms with van der Waals surface area (Å²) < 4.78 is 5.47. The number of thioether (sulfide) groups is 1. The Kier molecular flexibility index (Phi) is 6.40. The summed E-state index contributed by atoms with van der Waals surface area (Å²) in [5.74, 6) is 1.47. The third-order valence-corrected chi connectivity index (χ3v) is 5.28. The van der Waals surface area contributed by atoms with E-state index >= 15 is 0 Å². The van der Waals surface area contributed by atoms with Gasteiger partial charge in [-0.25, -0.2) is 0 Å². The Balaban J connectivity index is 1.95. The molecule has 1 aromatic carbocycles. The van der Waals surface area contributed by atoms with E-state index in [2.05, 4.69) is 36.7 Å². The van der Waals surface area contributed by atoms with Gasteiger partial charge < -0.3 is 15.2 Å². The molecule has 1 unspecified atom stereocenters. The fraction of sp³-hybridized carbons (Fsp3) is 0.647. The molecule has 21 heavy (non-hydrogen) atoms. The van der Waals surface area contributed by atoms with Gasteiger partial charge in [-0.2, -0.15) is 0 Å². The molecule has 0 aliphatic heterocycles. The topological polar surface area (TPSA) is 41.5 Å². The van der Waals surface area contributed by atoms with Crippen LogP contribution < -0.4 is 10.1 Å². The Bertz CT molecular complexity index is 444. The summed E-state index contributed by atoms with van der Waals surface area (Å²) >= 11 is 1.71. The number of methoxy groups -OCH3 is 1. The normalized spacial score (nSPS) is 23.8. The van der Waals surface area contributed by atoms with E-state index in [-0.39, 0.29) is 0 Å². The highest BCUT2D eigenvalue weighted by atomic mass is 32.2. The van der Waals surface area contributed by atoms with Gasteiger partial charge in [-0.05, 0) is 62.5 Å². The van der Waals surface area contributed by atoms with Crippen LogP contribution in [-0.2, 0) is 0 Å². The molecule has 1 aliphatic carbocycles. The molecule has 4 heteroatoms. The predicted octanol–water partition coefficient (Wildman–Crippen LogP) is 3.62. The van der Waals surface area contributed by atoms with Gasteiger partial charge in [0.25, 0.3) is 0 Å². The van der Waals surface area contributed by atoms with Crippen molar-refractivity contribution in [3.63, 3.8) is 0 Å². The lowest BCUT2D eigenvalue weighted by Gasteiger charge is -2.30. The van der Waals surface area contributed by atoms with E-state index in [9.17, 15) is 5.11 Å². The molecule has 118 valence electrons. The summed E-state index contributed by atoms with van der Waals surface area (Å²) in [5, 5.41) is 12.9. The molecule has 1 aromatic rings. The van der Waals surface area contributed by atoms with E-state index < -0.39 is 0 Å². The van der Waals surface area contributed by atoms with Crippen LogP contribution in [0.4, 0.5) is 0 Å². The maximum absolute atomic E-state index is 9.21. The van der Waals surface area contributed by atoms with Gasteiger partial charge in [-0.3, -0.25) is 0 Å². The smallest absolute Gasteiger partial charge is 0.132 e. The van der Waals surface area contributed by atoms with Gasteiger partial charge in [0.05, 0.1) is 7.11 Å². The molecule has 0 aromatic heterocycles. The number of rotatable bonds is 6. The van der Waals surface area contributed by atoms with Crippen LogP contribution in [0, 0.1) is 5.92 Å². The fourth-order valence-electron chi connectivity index (χ4n) is 3.08. The average Bonchev–Trinajstić information content (AvgIpc) is 2.54. The molecule has 1 aliphatic rings. The van der Waals surface area contributed by atoms with Crippen LogP contribution in [0.1, 0.15) is 44.2 Å². The number of hydrogen-bond acceptors (Lipinski definition) is 4. The second-order valence-electron chi connectivity index (χ2n) is 5.90. The fourth-order valence-corrected chi connectivity index (χ4v) is 3.63. The van der Waals surface area contributed by atoms with E-state index in [1.807, 2.05) is 0 Å². The Morgan fingerprint density at radius 2 is 2.05 bits per heavy atom. The van der Waals surface area contributed by atoms with Crippen molar-refractivity contribution in [2.45, 2.75) is 49.6 Å². The van der Waals surface area contributed by atoms with Crippen molar-refractivity contribution in [3.8, 4) is 5.75 Å². The molecule has 1 atom stereocenters. The van der Waals surface area contributed by atoms with Crippen molar-refractivity contribution in [3.05, 3.63) is 23.8 Å². The molecular formula is C17H27NO2S. The first-order valence-electron chi connectivity index (χ1n) is 7.76. The van der Waals surface area contributed by atoms with Crippen molar-refractivity contribution in [2.75, 3.05) is 20.0 Å². The van der Waals surface area contributed by atoms with Crippen molar-refractivity contribution in [2.24, 2.45) is 5.92 Å². The van der Waals surface area contributed by atoms with Gasteiger partial charge in [0.2, 0.25) is 0 Å². The molecule has 3 nitrogen and oxygen atoms in total. The quantitative estimate of drug-likeness (QED) is 0.788. The zero-order chi connectivity index (χ0) is 15.2. The second kappa shape index (κ2) is 8.06. The highest BCUT2D eigenvalue weighted by Crippen LogP contribution is 2.31. The Hall–Kier alpha value is -0.710. The lowest BCUT2D eigenvalue weighted by molar-refractivity contribution is 0.172. The van der Waals surface area contributed by atoms with E-state index in [1.165, 1.54) is 10.5 Å². The lowest BCUT2D eigenvalue weighted by Crippen LogP contribution is -2.35. The SMILES string of the molecule is COc1cc(C(C)NC2CCC(CO)CC2)ccc1SC. The van der Waals surface area contributed by atoms with E-state index in [0.717, 1.165) is 31.4 Å². The molecule has 0 radical (unpaired) electrons. The maximum atomic E-state index is 9.21. The Morgan fingerprint density at radius 3 is 2.62 bits per heavy atom. The van der Waals surface area contributed by atoms with Crippen LogP contribution in [-0.4, -0.2) is 31.1 Å². The molecule has 1 saturated carbocycles. The van der Waals surface area contributed by atoms with Gasteiger partial charge in [-0.15, -0.1) is 11.8 Å². The largest absolute Gasteiger partial charge is 0.496 e. The Labute approximate surface area is 132 Å². The van der Waals surface area contributed by atoms with Crippen LogP contribution in [0.25, 0.3) is 0 Å².